The van der Waals surface area contributed by atoms with Crippen LogP contribution in [0, 0.1) is 19.7 Å². The van der Waals surface area contributed by atoms with E-state index in [1.165, 1.54) is 18.2 Å². The smallest absolute Gasteiger partial charge is 0.256 e. The van der Waals surface area contributed by atoms with Gasteiger partial charge in [0, 0.05) is 16.8 Å². The standard InChI is InChI=1S/C15H13BrFNO2/c1-8-6-12(17)11(16)7-13(8)18-15(20)10-4-3-5-14(19)9(10)2/h3-7,19H,1-2H3,(H,18,20). The first kappa shape index (κ1) is 14.5. The molecule has 0 radical (unpaired) electrons. The van der Waals surface area contributed by atoms with Gasteiger partial charge in [0.15, 0.2) is 0 Å². The van der Waals surface area contributed by atoms with E-state index in [4.69, 9.17) is 0 Å². The van der Waals surface area contributed by atoms with Crippen molar-refractivity contribution in [3.05, 3.63) is 57.3 Å². The number of aryl methyl sites for hydroxylation is 1. The lowest BCUT2D eigenvalue weighted by atomic mass is 10.1. The van der Waals surface area contributed by atoms with E-state index in [0.717, 1.165) is 0 Å². The Kier molecular flexibility index (Phi) is 4.09. The Morgan fingerprint density at radius 1 is 1.30 bits per heavy atom. The second-order valence-corrected chi connectivity index (χ2v) is 5.34. The number of hydrogen-bond donors (Lipinski definition) is 2. The Hall–Kier alpha value is -1.88. The number of halogens is 2. The van der Waals surface area contributed by atoms with Gasteiger partial charge in [-0.3, -0.25) is 4.79 Å². The van der Waals surface area contributed by atoms with Crippen LogP contribution >= 0.6 is 15.9 Å². The molecule has 0 fully saturated rings. The summed E-state index contributed by atoms with van der Waals surface area (Å²) >= 11 is 3.09. The van der Waals surface area contributed by atoms with Crippen LogP contribution in [-0.4, -0.2) is 11.0 Å². The van der Waals surface area contributed by atoms with E-state index in [-0.39, 0.29) is 21.9 Å². The molecule has 0 saturated heterocycles. The SMILES string of the molecule is Cc1cc(F)c(Br)cc1NC(=O)c1cccc(O)c1C. The molecule has 1 amide bonds. The summed E-state index contributed by atoms with van der Waals surface area (Å²) in [4.78, 5) is 12.2. The van der Waals surface area contributed by atoms with Crippen molar-refractivity contribution in [3.63, 3.8) is 0 Å². The van der Waals surface area contributed by atoms with E-state index >= 15 is 0 Å². The summed E-state index contributed by atoms with van der Waals surface area (Å²) in [6.45, 7) is 3.37. The van der Waals surface area contributed by atoms with Crippen LogP contribution in [0.4, 0.5) is 10.1 Å². The van der Waals surface area contributed by atoms with E-state index in [1.54, 1.807) is 26.0 Å². The van der Waals surface area contributed by atoms with E-state index in [1.807, 2.05) is 0 Å². The average molecular weight is 338 g/mol. The van der Waals surface area contributed by atoms with E-state index in [2.05, 4.69) is 21.2 Å². The van der Waals surface area contributed by atoms with Gasteiger partial charge in [0.25, 0.3) is 5.91 Å². The number of benzene rings is 2. The first-order valence-corrected chi connectivity index (χ1v) is 6.75. The molecule has 0 aliphatic heterocycles. The van der Waals surface area contributed by atoms with E-state index in [9.17, 15) is 14.3 Å². The molecule has 2 N–H and O–H groups in total. The minimum Gasteiger partial charge on any atom is -0.508 e. The molecule has 5 heteroatoms. The third-order valence-corrected chi connectivity index (χ3v) is 3.67. The van der Waals surface area contributed by atoms with Crippen LogP contribution in [-0.2, 0) is 0 Å². The van der Waals surface area contributed by atoms with E-state index < -0.39 is 0 Å². The van der Waals surface area contributed by atoms with E-state index in [0.29, 0.717) is 22.4 Å². The molecular weight excluding hydrogens is 325 g/mol. The third-order valence-electron chi connectivity index (χ3n) is 3.07. The summed E-state index contributed by atoms with van der Waals surface area (Å²) < 4.78 is 13.6. The number of nitrogens with one attached hydrogen (secondary N) is 1. The monoisotopic (exact) mass is 337 g/mol. The fraction of sp³-hybridized carbons (Fsp3) is 0.133. The normalized spacial score (nSPS) is 10.4. The molecule has 0 aliphatic rings. The van der Waals surface area contributed by atoms with Gasteiger partial charge in [0.1, 0.15) is 11.6 Å². The van der Waals surface area contributed by atoms with Crippen LogP contribution in [0.2, 0.25) is 0 Å². The summed E-state index contributed by atoms with van der Waals surface area (Å²) in [5.41, 5.74) is 2.02. The quantitative estimate of drug-likeness (QED) is 0.864. The van der Waals surface area contributed by atoms with Gasteiger partial charge in [-0.15, -0.1) is 0 Å². The Bertz CT molecular complexity index is 686. The Morgan fingerprint density at radius 3 is 2.70 bits per heavy atom. The molecule has 0 bridgehead atoms. The fourth-order valence-corrected chi connectivity index (χ4v) is 2.18. The predicted octanol–water partition coefficient (Wildman–Crippen LogP) is 4.16. The molecule has 104 valence electrons. The lowest BCUT2D eigenvalue weighted by Gasteiger charge is -2.11. The van der Waals surface area contributed by atoms with Gasteiger partial charge in [-0.2, -0.15) is 0 Å². The molecule has 0 aromatic heterocycles. The number of phenols is 1. The summed E-state index contributed by atoms with van der Waals surface area (Å²) in [5, 5.41) is 12.3. The highest BCUT2D eigenvalue weighted by Gasteiger charge is 2.13. The lowest BCUT2D eigenvalue weighted by Crippen LogP contribution is -2.14. The van der Waals surface area contributed by atoms with Crippen molar-refractivity contribution in [2.24, 2.45) is 0 Å². The fourth-order valence-electron chi connectivity index (χ4n) is 1.84. The molecule has 0 heterocycles. The maximum absolute atomic E-state index is 13.3. The highest BCUT2D eigenvalue weighted by Crippen LogP contribution is 2.26. The van der Waals surface area contributed by atoms with Crippen molar-refractivity contribution in [2.75, 3.05) is 5.32 Å². The molecule has 0 unspecified atom stereocenters. The van der Waals surface area contributed by atoms with Gasteiger partial charge >= 0.3 is 0 Å². The molecule has 0 spiro atoms. The molecule has 3 nitrogen and oxygen atoms in total. The molecular formula is C15H13BrFNO2. The summed E-state index contributed by atoms with van der Waals surface area (Å²) in [7, 11) is 0. The van der Waals surface area contributed by atoms with Gasteiger partial charge in [-0.1, -0.05) is 6.07 Å². The summed E-state index contributed by atoms with van der Waals surface area (Å²) in [5.74, 6) is -0.663. The molecule has 0 atom stereocenters. The number of hydrogen-bond acceptors (Lipinski definition) is 2. The first-order valence-electron chi connectivity index (χ1n) is 5.95. The maximum atomic E-state index is 13.3. The maximum Gasteiger partial charge on any atom is 0.256 e. The number of rotatable bonds is 2. The van der Waals surface area contributed by atoms with Crippen LogP contribution in [0.15, 0.2) is 34.8 Å². The molecule has 2 aromatic carbocycles. The number of amides is 1. The number of anilines is 1. The first-order chi connectivity index (χ1) is 9.40. The third kappa shape index (κ3) is 2.82. The number of carbonyl (C=O) groups is 1. The number of carbonyl (C=O) groups excluding carboxylic acids is 1. The van der Waals surface area contributed by atoms with Crippen molar-refractivity contribution in [1.82, 2.24) is 0 Å². The van der Waals surface area contributed by atoms with Crippen molar-refractivity contribution >= 4 is 27.5 Å². The van der Waals surface area contributed by atoms with Crippen molar-refractivity contribution in [3.8, 4) is 5.75 Å². The van der Waals surface area contributed by atoms with Crippen molar-refractivity contribution in [1.29, 1.82) is 0 Å². The Balaban J connectivity index is 2.33. The molecule has 0 saturated carbocycles. The molecule has 2 aromatic rings. The van der Waals surface area contributed by atoms with Crippen LogP contribution in [0.25, 0.3) is 0 Å². The molecule has 2 rings (SSSR count). The van der Waals surface area contributed by atoms with Crippen LogP contribution in [0.5, 0.6) is 5.75 Å². The van der Waals surface area contributed by atoms with Gasteiger partial charge < -0.3 is 10.4 Å². The highest BCUT2D eigenvalue weighted by molar-refractivity contribution is 9.10. The number of phenolic OH excluding ortho intramolecular Hbond substituents is 1. The van der Waals surface area contributed by atoms with Crippen LogP contribution in [0.3, 0.4) is 0 Å². The van der Waals surface area contributed by atoms with Gasteiger partial charge in [0.05, 0.1) is 4.47 Å². The average Bonchev–Trinajstić information content (AvgIpc) is 2.39. The van der Waals surface area contributed by atoms with Gasteiger partial charge in [-0.05, 0) is 59.6 Å². The Labute approximate surface area is 124 Å². The largest absolute Gasteiger partial charge is 0.508 e. The Morgan fingerprint density at radius 2 is 2.00 bits per heavy atom. The summed E-state index contributed by atoms with van der Waals surface area (Å²) in [6, 6.07) is 7.60. The second-order valence-electron chi connectivity index (χ2n) is 4.49. The summed E-state index contributed by atoms with van der Waals surface area (Å²) in [6.07, 6.45) is 0. The van der Waals surface area contributed by atoms with Crippen molar-refractivity contribution < 1.29 is 14.3 Å². The minimum atomic E-state index is -0.381. The van der Waals surface area contributed by atoms with Crippen molar-refractivity contribution in [2.45, 2.75) is 13.8 Å². The predicted molar refractivity (Wildman–Crippen MR) is 79.6 cm³/mol. The zero-order valence-corrected chi connectivity index (χ0v) is 12.6. The van der Waals surface area contributed by atoms with Crippen LogP contribution < -0.4 is 5.32 Å². The zero-order valence-electron chi connectivity index (χ0n) is 11.0. The molecule has 20 heavy (non-hydrogen) atoms. The molecule has 0 aliphatic carbocycles. The highest BCUT2D eigenvalue weighted by atomic mass is 79.9. The second kappa shape index (κ2) is 5.63. The minimum absolute atomic E-state index is 0.0645. The zero-order chi connectivity index (χ0) is 14.9. The van der Waals surface area contributed by atoms with Gasteiger partial charge in [-0.25, -0.2) is 4.39 Å². The lowest BCUT2D eigenvalue weighted by molar-refractivity contribution is 0.102. The van der Waals surface area contributed by atoms with Gasteiger partial charge in [0.2, 0.25) is 0 Å². The topological polar surface area (TPSA) is 49.3 Å². The number of aromatic hydroxyl groups is 1. The van der Waals surface area contributed by atoms with Crippen LogP contribution in [0.1, 0.15) is 21.5 Å².